The zero-order chi connectivity index (χ0) is 19.4. The monoisotopic (exact) mass is 386 g/mol. The highest BCUT2D eigenvalue weighted by Gasteiger charge is 2.22. The van der Waals surface area contributed by atoms with Crippen molar-refractivity contribution in [2.24, 2.45) is 0 Å². The molecule has 7 nitrogen and oxygen atoms in total. The highest BCUT2D eigenvalue weighted by Crippen LogP contribution is 2.25. The predicted octanol–water partition coefficient (Wildman–Crippen LogP) is 1.39. The maximum Gasteiger partial charge on any atom is 0.217 e. The molecule has 27 heavy (non-hydrogen) atoms. The standard InChI is InChI=1S/C18H23BN4O3S/c1-12(24)20-14(10-22-5-7-23(8-6-22)18(19)25)11-26-15-3-4-17-16(9-15)21-13(2)27-17/h3-4,9,14H,5-8,10-11H2,1-2H3,(H,20,24). The molecule has 2 aromatic rings. The van der Waals surface area contributed by atoms with E-state index in [0.717, 1.165) is 34.1 Å². The number of piperazine rings is 1. The quantitative estimate of drug-likeness (QED) is 0.760. The van der Waals surface area contributed by atoms with E-state index in [4.69, 9.17) is 12.6 Å². The number of aromatic nitrogens is 1. The van der Waals surface area contributed by atoms with Gasteiger partial charge in [0.05, 0.1) is 21.3 Å². The Balaban J connectivity index is 1.57. The fourth-order valence-electron chi connectivity index (χ4n) is 3.20. The largest absolute Gasteiger partial charge is 0.491 e. The number of carbonyl (C=O) groups excluding carboxylic acids is 2. The van der Waals surface area contributed by atoms with Crippen LogP contribution in [0.5, 0.6) is 5.75 Å². The summed E-state index contributed by atoms with van der Waals surface area (Å²) >= 11 is 1.65. The Kier molecular flexibility index (Phi) is 6.33. The minimum atomic E-state index is -0.385. The Morgan fingerprint density at radius 3 is 2.74 bits per heavy atom. The van der Waals surface area contributed by atoms with Crippen LogP contribution in [0.2, 0.25) is 0 Å². The van der Waals surface area contributed by atoms with Crippen LogP contribution >= 0.6 is 11.3 Å². The summed E-state index contributed by atoms with van der Waals surface area (Å²) in [6.45, 7) is 7.16. The number of rotatable bonds is 6. The average molecular weight is 386 g/mol. The van der Waals surface area contributed by atoms with E-state index in [0.29, 0.717) is 26.2 Å². The molecule has 1 aliphatic heterocycles. The third-order valence-electron chi connectivity index (χ3n) is 4.49. The topological polar surface area (TPSA) is 74.8 Å². The minimum absolute atomic E-state index is 0.0926. The number of thiazole rings is 1. The normalized spacial score (nSPS) is 16.3. The SMILES string of the molecule is [B]C(=O)N1CCN(CC(COc2ccc3sc(C)nc3c2)NC(C)=O)CC1. The number of benzene rings is 1. The molecule has 3 rings (SSSR count). The van der Waals surface area contributed by atoms with E-state index in [-0.39, 0.29) is 17.8 Å². The number of nitrogens with zero attached hydrogens (tertiary/aromatic N) is 3. The average Bonchev–Trinajstić information content (AvgIpc) is 2.99. The van der Waals surface area contributed by atoms with Crippen molar-refractivity contribution in [1.29, 1.82) is 0 Å². The number of carbonyl (C=O) groups is 2. The van der Waals surface area contributed by atoms with E-state index in [1.54, 1.807) is 16.2 Å². The Hall–Kier alpha value is -2.13. The minimum Gasteiger partial charge on any atom is -0.491 e. The van der Waals surface area contributed by atoms with Crippen molar-refractivity contribution in [3.63, 3.8) is 0 Å². The summed E-state index contributed by atoms with van der Waals surface area (Å²) in [5.74, 6) is 0.260. The van der Waals surface area contributed by atoms with Crippen LogP contribution in [0.25, 0.3) is 10.2 Å². The third kappa shape index (κ3) is 5.43. The van der Waals surface area contributed by atoms with Crippen LogP contribution in [0.15, 0.2) is 18.2 Å². The van der Waals surface area contributed by atoms with Crippen molar-refractivity contribution in [2.45, 2.75) is 19.9 Å². The number of fused-ring (bicyclic) bond motifs is 1. The van der Waals surface area contributed by atoms with Crippen LogP contribution < -0.4 is 10.1 Å². The summed E-state index contributed by atoms with van der Waals surface area (Å²) in [5.41, 5.74) is 0.925. The summed E-state index contributed by atoms with van der Waals surface area (Å²) in [5, 5.41) is 3.97. The molecule has 0 saturated carbocycles. The molecule has 2 amide bonds. The second-order valence-electron chi connectivity index (χ2n) is 6.70. The maximum absolute atomic E-state index is 11.6. The number of aryl methyl sites for hydroxylation is 1. The third-order valence-corrected chi connectivity index (χ3v) is 5.44. The van der Waals surface area contributed by atoms with Crippen LogP contribution in [-0.4, -0.2) is 79.7 Å². The van der Waals surface area contributed by atoms with Crippen LogP contribution in [0, 0.1) is 6.92 Å². The Morgan fingerprint density at radius 1 is 1.33 bits per heavy atom. The molecule has 0 spiro atoms. The molecule has 1 fully saturated rings. The van der Waals surface area contributed by atoms with Gasteiger partial charge < -0.3 is 15.0 Å². The van der Waals surface area contributed by atoms with E-state index >= 15 is 0 Å². The molecule has 142 valence electrons. The molecule has 1 aliphatic rings. The summed E-state index contributed by atoms with van der Waals surface area (Å²) in [7, 11) is 5.32. The van der Waals surface area contributed by atoms with Crippen LogP contribution in [0.4, 0.5) is 4.79 Å². The lowest BCUT2D eigenvalue weighted by atomic mass is 10.1. The smallest absolute Gasteiger partial charge is 0.217 e. The van der Waals surface area contributed by atoms with Gasteiger partial charge in [-0.25, -0.2) is 4.98 Å². The molecule has 1 N–H and O–H groups in total. The molecule has 1 atom stereocenters. The van der Waals surface area contributed by atoms with Gasteiger partial charge >= 0.3 is 0 Å². The zero-order valence-electron chi connectivity index (χ0n) is 15.6. The predicted molar refractivity (Wildman–Crippen MR) is 107 cm³/mol. The first kappa shape index (κ1) is 19.6. The number of nitrogens with one attached hydrogen (secondary N) is 1. The van der Waals surface area contributed by atoms with Crippen LogP contribution in [0.1, 0.15) is 11.9 Å². The first-order valence-electron chi connectivity index (χ1n) is 8.94. The lowest BCUT2D eigenvalue weighted by Crippen LogP contribution is -2.53. The summed E-state index contributed by atoms with van der Waals surface area (Å²) in [6, 6.07) is 5.72. The van der Waals surface area contributed by atoms with Gasteiger partial charge in [-0.3, -0.25) is 14.5 Å². The van der Waals surface area contributed by atoms with Crippen LogP contribution in [-0.2, 0) is 4.79 Å². The molecule has 0 bridgehead atoms. The molecule has 1 aromatic carbocycles. The lowest BCUT2D eigenvalue weighted by molar-refractivity contribution is -0.120. The second-order valence-corrected chi connectivity index (χ2v) is 7.93. The highest BCUT2D eigenvalue weighted by molar-refractivity contribution is 7.18. The molecule has 0 aliphatic carbocycles. The van der Waals surface area contributed by atoms with Crippen molar-refractivity contribution in [3.8, 4) is 5.75 Å². The zero-order valence-corrected chi connectivity index (χ0v) is 16.4. The molecule has 2 heterocycles. The van der Waals surface area contributed by atoms with Crippen molar-refractivity contribution < 1.29 is 14.3 Å². The summed E-state index contributed by atoms with van der Waals surface area (Å²) in [6.07, 6.45) is 0. The van der Waals surface area contributed by atoms with E-state index < -0.39 is 0 Å². The maximum atomic E-state index is 11.6. The molecular formula is C18H23BN4O3S. The Labute approximate surface area is 164 Å². The van der Waals surface area contributed by atoms with Crippen molar-refractivity contribution >= 4 is 41.1 Å². The van der Waals surface area contributed by atoms with Gasteiger partial charge in [-0.1, -0.05) is 0 Å². The number of amides is 2. The Morgan fingerprint density at radius 2 is 2.07 bits per heavy atom. The van der Waals surface area contributed by atoms with Gasteiger partial charge in [-0.2, -0.15) is 0 Å². The number of hydrogen-bond acceptors (Lipinski definition) is 6. The van der Waals surface area contributed by atoms with Gasteiger partial charge in [0, 0.05) is 45.7 Å². The molecule has 1 aromatic heterocycles. The van der Waals surface area contributed by atoms with Gasteiger partial charge in [0.2, 0.25) is 13.8 Å². The summed E-state index contributed by atoms with van der Waals surface area (Å²) < 4.78 is 7.06. The van der Waals surface area contributed by atoms with Gasteiger partial charge in [-0.15, -0.1) is 11.3 Å². The van der Waals surface area contributed by atoms with Crippen LogP contribution in [0.3, 0.4) is 0 Å². The second kappa shape index (κ2) is 8.71. The fraction of sp³-hybridized carbons (Fsp3) is 0.500. The van der Waals surface area contributed by atoms with Gasteiger partial charge in [0.1, 0.15) is 12.4 Å². The van der Waals surface area contributed by atoms with Crippen molar-refractivity contribution in [1.82, 2.24) is 20.1 Å². The van der Waals surface area contributed by atoms with E-state index in [2.05, 4.69) is 15.2 Å². The first-order valence-corrected chi connectivity index (χ1v) is 9.76. The van der Waals surface area contributed by atoms with Gasteiger partial charge in [0.15, 0.2) is 5.81 Å². The number of ether oxygens (including phenoxy) is 1. The molecule has 1 unspecified atom stereocenters. The van der Waals surface area contributed by atoms with Crippen molar-refractivity contribution in [2.75, 3.05) is 39.3 Å². The first-order chi connectivity index (χ1) is 12.9. The van der Waals surface area contributed by atoms with Gasteiger partial charge in [0.25, 0.3) is 0 Å². The molecule has 1 saturated heterocycles. The highest BCUT2D eigenvalue weighted by atomic mass is 32.1. The van der Waals surface area contributed by atoms with E-state index in [1.807, 2.05) is 25.1 Å². The lowest BCUT2D eigenvalue weighted by Gasteiger charge is -2.36. The molecule has 2 radical (unpaired) electrons. The fourth-order valence-corrected chi connectivity index (χ4v) is 4.01. The van der Waals surface area contributed by atoms with Gasteiger partial charge in [-0.05, 0) is 19.1 Å². The van der Waals surface area contributed by atoms with E-state index in [1.165, 1.54) is 6.92 Å². The Bertz CT molecular complexity index is 820. The van der Waals surface area contributed by atoms with E-state index in [9.17, 15) is 9.59 Å². The van der Waals surface area contributed by atoms with Crippen molar-refractivity contribution in [3.05, 3.63) is 23.2 Å². The molecular weight excluding hydrogens is 363 g/mol. The molecule has 9 heteroatoms. The number of hydrogen-bond donors (Lipinski definition) is 1. The summed E-state index contributed by atoms with van der Waals surface area (Å²) in [4.78, 5) is 31.1.